The first-order chi connectivity index (χ1) is 14.1. The number of ether oxygens (including phenoxy) is 4. The third kappa shape index (κ3) is 3.40. The van der Waals surface area contributed by atoms with E-state index in [0.29, 0.717) is 22.8 Å². The van der Waals surface area contributed by atoms with Gasteiger partial charge in [-0.25, -0.2) is 9.79 Å². The monoisotopic (exact) mass is 389 g/mol. The van der Waals surface area contributed by atoms with E-state index >= 15 is 0 Å². The van der Waals surface area contributed by atoms with Crippen LogP contribution in [0.25, 0.3) is 16.8 Å². The highest BCUT2D eigenvalue weighted by Crippen LogP contribution is 2.36. The first-order valence-corrected chi connectivity index (χ1v) is 8.95. The van der Waals surface area contributed by atoms with Gasteiger partial charge in [-0.3, -0.25) is 0 Å². The zero-order chi connectivity index (χ0) is 20.4. The average Bonchev–Trinajstić information content (AvgIpc) is 3.12. The van der Waals surface area contributed by atoms with Crippen molar-refractivity contribution in [2.24, 2.45) is 4.99 Å². The number of aliphatic imine (C=N–C) groups is 1. The zero-order valence-corrected chi connectivity index (χ0v) is 16.3. The summed E-state index contributed by atoms with van der Waals surface area (Å²) in [5.74, 6) is 1.32. The van der Waals surface area contributed by atoms with E-state index in [1.54, 1.807) is 39.5 Å². The van der Waals surface area contributed by atoms with E-state index in [9.17, 15) is 4.79 Å². The number of methoxy groups -OCH3 is 3. The van der Waals surface area contributed by atoms with E-state index in [0.717, 1.165) is 16.3 Å². The minimum atomic E-state index is -0.523. The van der Waals surface area contributed by atoms with Gasteiger partial charge in [0.2, 0.25) is 5.90 Å². The summed E-state index contributed by atoms with van der Waals surface area (Å²) in [6, 6.07) is 17.1. The minimum Gasteiger partial charge on any atom is -0.496 e. The lowest BCUT2D eigenvalue weighted by Gasteiger charge is -2.12. The van der Waals surface area contributed by atoms with Crippen LogP contribution in [0.2, 0.25) is 0 Å². The summed E-state index contributed by atoms with van der Waals surface area (Å²) in [6.07, 6.45) is 1.61. The lowest BCUT2D eigenvalue weighted by atomic mass is 10.0. The average molecular weight is 389 g/mol. The van der Waals surface area contributed by atoms with Gasteiger partial charge in [0, 0.05) is 17.2 Å². The second-order valence-corrected chi connectivity index (χ2v) is 6.31. The summed E-state index contributed by atoms with van der Waals surface area (Å²) in [5, 5.41) is 2.01. The van der Waals surface area contributed by atoms with Crippen molar-refractivity contribution in [1.29, 1.82) is 0 Å². The minimum absolute atomic E-state index is 0.179. The van der Waals surface area contributed by atoms with Crippen molar-refractivity contribution in [1.82, 2.24) is 0 Å². The number of benzene rings is 3. The fraction of sp³-hybridized carbons (Fsp3) is 0.130. The maximum Gasteiger partial charge on any atom is 0.363 e. The largest absolute Gasteiger partial charge is 0.496 e. The molecular weight excluding hydrogens is 370 g/mol. The van der Waals surface area contributed by atoms with Crippen molar-refractivity contribution in [2.45, 2.75) is 0 Å². The van der Waals surface area contributed by atoms with Crippen molar-refractivity contribution < 1.29 is 23.7 Å². The Kier molecular flexibility index (Phi) is 4.91. The highest BCUT2D eigenvalue weighted by atomic mass is 16.6. The van der Waals surface area contributed by atoms with Gasteiger partial charge in [-0.05, 0) is 29.0 Å². The Balaban J connectivity index is 1.79. The summed E-state index contributed by atoms with van der Waals surface area (Å²) in [5.41, 5.74) is 1.57. The molecule has 0 radical (unpaired) electrons. The highest BCUT2D eigenvalue weighted by molar-refractivity contribution is 6.17. The maximum absolute atomic E-state index is 12.5. The second-order valence-electron chi connectivity index (χ2n) is 6.31. The Morgan fingerprint density at radius 1 is 0.862 bits per heavy atom. The molecular formula is C23H19NO5. The van der Waals surface area contributed by atoms with Crippen LogP contribution in [0.1, 0.15) is 11.1 Å². The second kappa shape index (κ2) is 7.67. The molecule has 146 valence electrons. The smallest absolute Gasteiger partial charge is 0.363 e. The van der Waals surface area contributed by atoms with Crippen molar-refractivity contribution in [3.63, 3.8) is 0 Å². The summed E-state index contributed by atoms with van der Waals surface area (Å²) in [7, 11) is 4.63. The number of rotatable bonds is 5. The number of carbonyl (C=O) groups is 1. The fourth-order valence-corrected chi connectivity index (χ4v) is 3.25. The van der Waals surface area contributed by atoms with Crippen LogP contribution in [-0.2, 0) is 9.53 Å². The number of carbonyl (C=O) groups excluding carboxylic acids is 1. The molecule has 6 nitrogen and oxygen atoms in total. The van der Waals surface area contributed by atoms with Gasteiger partial charge in [0.15, 0.2) is 17.2 Å². The zero-order valence-electron chi connectivity index (χ0n) is 16.3. The Hall–Kier alpha value is -3.80. The molecule has 4 rings (SSSR count). The van der Waals surface area contributed by atoms with Crippen LogP contribution >= 0.6 is 0 Å². The van der Waals surface area contributed by atoms with Gasteiger partial charge < -0.3 is 18.9 Å². The van der Waals surface area contributed by atoms with Crippen LogP contribution in [0, 0.1) is 0 Å². The van der Waals surface area contributed by atoms with Crippen LogP contribution in [0.15, 0.2) is 65.3 Å². The normalized spacial score (nSPS) is 14.7. The lowest BCUT2D eigenvalue weighted by molar-refractivity contribution is -0.129. The van der Waals surface area contributed by atoms with Gasteiger partial charge in [-0.2, -0.15) is 0 Å². The van der Waals surface area contributed by atoms with Crippen LogP contribution in [-0.4, -0.2) is 33.2 Å². The van der Waals surface area contributed by atoms with E-state index in [-0.39, 0.29) is 11.6 Å². The van der Waals surface area contributed by atoms with E-state index < -0.39 is 5.97 Å². The van der Waals surface area contributed by atoms with Gasteiger partial charge in [-0.15, -0.1) is 0 Å². The Morgan fingerprint density at radius 3 is 2.31 bits per heavy atom. The number of hydrogen-bond acceptors (Lipinski definition) is 6. The van der Waals surface area contributed by atoms with Crippen LogP contribution < -0.4 is 14.2 Å². The molecule has 0 saturated carbocycles. The molecule has 29 heavy (non-hydrogen) atoms. The van der Waals surface area contributed by atoms with E-state index in [1.807, 2.05) is 42.5 Å². The van der Waals surface area contributed by atoms with Crippen molar-refractivity contribution in [3.8, 4) is 17.2 Å². The molecule has 1 aliphatic rings. The van der Waals surface area contributed by atoms with Gasteiger partial charge in [-0.1, -0.05) is 36.4 Å². The summed E-state index contributed by atoms with van der Waals surface area (Å²) >= 11 is 0. The predicted octanol–water partition coefficient (Wildman–Crippen LogP) is 4.21. The first-order valence-electron chi connectivity index (χ1n) is 8.95. The van der Waals surface area contributed by atoms with Crippen LogP contribution in [0.4, 0.5) is 0 Å². The number of cyclic esters (lactones) is 1. The standard InChI is InChI=1S/C23H19NO5/c1-26-19-13-21(28-3)20(27-2)12-15(19)11-18-23(25)29-22(24-18)17-10-6-8-14-7-4-5-9-16(14)17/h4-13H,1-3H3/b18-11+. The molecule has 0 spiro atoms. The molecule has 0 amide bonds. The summed E-state index contributed by atoms with van der Waals surface area (Å²) in [4.78, 5) is 16.9. The lowest BCUT2D eigenvalue weighted by Crippen LogP contribution is -2.06. The van der Waals surface area contributed by atoms with Crippen LogP contribution in [0.5, 0.6) is 17.2 Å². The van der Waals surface area contributed by atoms with E-state index in [2.05, 4.69) is 4.99 Å². The van der Waals surface area contributed by atoms with E-state index in [1.165, 1.54) is 0 Å². The molecule has 0 saturated heterocycles. The summed E-state index contributed by atoms with van der Waals surface area (Å²) in [6.45, 7) is 0. The molecule has 1 heterocycles. The molecule has 0 aromatic heterocycles. The molecule has 3 aromatic rings. The molecule has 0 N–H and O–H groups in total. The number of fused-ring (bicyclic) bond motifs is 1. The molecule has 0 fully saturated rings. The van der Waals surface area contributed by atoms with Gasteiger partial charge in [0.05, 0.1) is 21.3 Å². The van der Waals surface area contributed by atoms with Crippen molar-refractivity contribution >= 4 is 28.7 Å². The van der Waals surface area contributed by atoms with E-state index in [4.69, 9.17) is 18.9 Å². The Bertz CT molecular complexity index is 1160. The highest BCUT2D eigenvalue weighted by Gasteiger charge is 2.26. The van der Waals surface area contributed by atoms with Crippen molar-refractivity contribution in [2.75, 3.05) is 21.3 Å². The predicted molar refractivity (Wildman–Crippen MR) is 111 cm³/mol. The van der Waals surface area contributed by atoms with Crippen LogP contribution in [0.3, 0.4) is 0 Å². The summed E-state index contributed by atoms with van der Waals surface area (Å²) < 4.78 is 21.5. The number of hydrogen-bond donors (Lipinski definition) is 0. The number of esters is 1. The van der Waals surface area contributed by atoms with Gasteiger partial charge in [0.1, 0.15) is 5.75 Å². The SMILES string of the molecule is COc1cc(OC)c(OC)cc1/C=C1/N=C(c2cccc3ccccc23)OC1=O. The molecule has 0 bridgehead atoms. The third-order valence-electron chi connectivity index (χ3n) is 4.67. The Morgan fingerprint density at radius 2 is 1.55 bits per heavy atom. The third-order valence-corrected chi connectivity index (χ3v) is 4.67. The quantitative estimate of drug-likeness (QED) is 0.483. The number of nitrogens with zero attached hydrogens (tertiary/aromatic N) is 1. The fourth-order valence-electron chi connectivity index (χ4n) is 3.25. The molecule has 0 atom stereocenters. The topological polar surface area (TPSA) is 66.3 Å². The molecule has 3 aromatic carbocycles. The molecule has 0 aliphatic carbocycles. The Labute approximate surface area is 168 Å². The molecule has 0 unspecified atom stereocenters. The maximum atomic E-state index is 12.5. The van der Waals surface area contributed by atoms with Crippen molar-refractivity contribution in [3.05, 3.63) is 71.4 Å². The molecule has 1 aliphatic heterocycles. The van der Waals surface area contributed by atoms with Gasteiger partial charge in [0.25, 0.3) is 0 Å². The molecule has 6 heteroatoms. The first kappa shape index (κ1) is 18.6. The van der Waals surface area contributed by atoms with Gasteiger partial charge >= 0.3 is 5.97 Å².